The summed E-state index contributed by atoms with van der Waals surface area (Å²) in [5.74, 6) is 0. The number of hydrogen-bond donors (Lipinski definition) is 0. The predicted molar refractivity (Wildman–Crippen MR) is 21.4 cm³/mol. The molecule has 0 aromatic carbocycles. The Bertz CT molecular complexity index is 72.0. The molecule has 4 heteroatoms. The van der Waals surface area contributed by atoms with Crippen molar-refractivity contribution in [1.82, 2.24) is 0 Å². The Hall–Kier alpha value is -1.20. The van der Waals surface area contributed by atoms with Gasteiger partial charge >= 0.3 is 0 Å². The fraction of sp³-hybridized carbons (Fsp3) is 0.500. The highest BCUT2D eigenvalue weighted by Crippen LogP contribution is 1.29. The summed E-state index contributed by atoms with van der Waals surface area (Å²) in [4.78, 5) is 1.50. The van der Waals surface area contributed by atoms with Crippen LogP contribution in [0.2, 0.25) is 0 Å². The van der Waals surface area contributed by atoms with Crippen molar-refractivity contribution in [3.63, 3.8) is 0 Å². The van der Waals surface area contributed by atoms with Crippen molar-refractivity contribution < 1.29 is 0 Å². The summed E-state index contributed by atoms with van der Waals surface area (Å²) in [6.45, 7) is 1.43. The maximum atomic E-state index is 7.32. The summed E-state index contributed by atoms with van der Waals surface area (Å²) in [6, 6.07) is 1.75. The van der Waals surface area contributed by atoms with Crippen molar-refractivity contribution in [3.05, 3.63) is 16.0 Å². The molecule has 0 aromatic heterocycles. The van der Waals surface area contributed by atoms with Crippen LogP contribution in [0.1, 0.15) is 6.92 Å². The minimum atomic E-state index is 1.43. The highest BCUT2D eigenvalue weighted by Gasteiger charge is 1.17. The van der Waals surface area contributed by atoms with Gasteiger partial charge in [0.25, 0.3) is 0 Å². The van der Waals surface area contributed by atoms with Gasteiger partial charge in [-0.25, -0.2) is 0 Å². The quantitative estimate of drug-likeness (QED) is 0.247. The monoisotopic (exact) mass is 83.0 g/mol. The normalized spacial score (nSPS) is 2.67. The van der Waals surface area contributed by atoms with Gasteiger partial charge in [-0.2, -0.15) is 5.26 Å². The molecule has 0 unspecified atom stereocenters. The summed E-state index contributed by atoms with van der Waals surface area (Å²) in [7, 11) is 0. The minimum Gasteiger partial charge on any atom is -0.373 e. The van der Waals surface area contributed by atoms with E-state index in [1.54, 1.807) is 6.07 Å². The summed E-state index contributed by atoms with van der Waals surface area (Å²) in [5, 5.41) is 7.32. The summed E-state index contributed by atoms with van der Waals surface area (Å²) >= 11 is 0. The van der Waals surface area contributed by atoms with Crippen LogP contribution in [0.15, 0.2) is 0 Å². The first-order valence-corrected chi connectivity index (χ1v) is 1.12. The molecule has 0 aromatic rings. The van der Waals surface area contributed by atoms with Gasteiger partial charge in [-0.15, -0.1) is 0 Å². The van der Waals surface area contributed by atoms with Gasteiger partial charge in [0.05, 0.1) is 6.07 Å². The fourth-order valence-corrected chi connectivity index (χ4v) is 0. The molecule has 6 heavy (non-hydrogen) atoms. The van der Waals surface area contributed by atoms with Gasteiger partial charge in [-0.3, -0.25) is 4.91 Å². The summed E-state index contributed by atoms with van der Waals surface area (Å²) < 4.78 is 0. The van der Waals surface area contributed by atoms with Crippen molar-refractivity contribution in [2.24, 2.45) is 0 Å². The number of nitriles is 1. The molecule has 32 valence electrons. The van der Waals surface area contributed by atoms with Gasteiger partial charge in [0, 0.05) is 6.92 Å². The van der Waals surface area contributed by atoms with Crippen molar-refractivity contribution in [3.8, 4) is 6.07 Å². The topological polar surface area (TPSA) is 82.5 Å². The van der Waals surface area contributed by atoms with E-state index in [4.69, 9.17) is 16.3 Å². The Kier molecular flexibility index (Phi) is 68.6. The maximum Gasteiger partial charge on any atom is 0.0587 e. The smallest absolute Gasteiger partial charge is 0.0587 e. The van der Waals surface area contributed by atoms with Crippen molar-refractivity contribution in [2.75, 3.05) is 0 Å². The first kappa shape index (κ1) is 8.84. The van der Waals surface area contributed by atoms with E-state index in [1.807, 2.05) is 0 Å². The lowest BCUT2D eigenvalue weighted by atomic mass is 11.0. The Morgan fingerprint density at radius 1 is 1.67 bits per heavy atom. The molecule has 0 aliphatic carbocycles. The van der Waals surface area contributed by atoms with Crippen LogP contribution < -0.4 is 0 Å². The Morgan fingerprint density at radius 3 is 1.67 bits per heavy atom. The molecular weight excluding hydrogens is 80.0 g/mol. The average Bonchev–Trinajstić information content (AvgIpc) is 1.39. The largest absolute Gasteiger partial charge is 0.373 e. The molecule has 0 fully saturated rings. The second kappa shape index (κ2) is 46.5. The predicted octanol–water partition coefficient (Wildman–Crippen LogP) is 1.40. The van der Waals surface area contributed by atoms with Crippen LogP contribution in [0.4, 0.5) is 0 Å². The van der Waals surface area contributed by atoms with Crippen molar-refractivity contribution in [2.45, 2.75) is 6.92 Å². The zero-order valence-electron chi connectivity index (χ0n) is 3.29. The molecule has 0 spiro atoms. The molecule has 0 saturated heterocycles. The van der Waals surface area contributed by atoms with Gasteiger partial charge in [0.15, 0.2) is 0 Å². The highest BCUT2D eigenvalue weighted by atomic mass is 15.0. The molecule has 0 atom stereocenters. The van der Waals surface area contributed by atoms with Crippen LogP contribution in [0, 0.1) is 11.3 Å². The number of rotatable bonds is 0. The van der Waals surface area contributed by atoms with Crippen LogP contribution >= 0.6 is 0 Å². The third kappa shape index (κ3) is 6.30. The Morgan fingerprint density at radius 2 is 1.67 bits per heavy atom. The highest BCUT2D eigenvalue weighted by molar-refractivity contribution is 4.51. The molecule has 0 saturated carbocycles. The SMILES string of the molecule is CC#N.[N-]=[N+]=[N-]. The standard InChI is InChI=1S/C2H3N.N3/c1-2-3;1-3-2/h1H3;/q;-1. The molecular formula is C2H3N4-. The Balaban J connectivity index is 0. The van der Waals surface area contributed by atoms with E-state index in [1.165, 1.54) is 11.8 Å². The number of hydrogen-bond acceptors (Lipinski definition) is 1. The summed E-state index contributed by atoms with van der Waals surface area (Å²) in [6.07, 6.45) is 0. The zero-order chi connectivity index (χ0) is 5.41. The van der Waals surface area contributed by atoms with Crippen molar-refractivity contribution in [1.29, 1.82) is 5.26 Å². The molecule has 0 aliphatic heterocycles. The minimum absolute atomic E-state index is 1.43. The molecule has 0 amide bonds. The lowest BCUT2D eigenvalue weighted by molar-refractivity contribution is 1.49. The van der Waals surface area contributed by atoms with Crippen LogP contribution in [0.3, 0.4) is 0 Å². The van der Waals surface area contributed by atoms with E-state index < -0.39 is 0 Å². The number of nitrogens with zero attached hydrogens (tertiary/aromatic N) is 4. The molecule has 0 aliphatic rings. The third-order valence-corrected chi connectivity index (χ3v) is 0. The van der Waals surface area contributed by atoms with E-state index in [0.717, 1.165) is 0 Å². The lowest BCUT2D eigenvalue weighted by Crippen LogP contribution is -1.10. The second-order valence-electron chi connectivity index (χ2n) is 0.313. The van der Waals surface area contributed by atoms with E-state index in [0.29, 0.717) is 0 Å². The van der Waals surface area contributed by atoms with Crippen LogP contribution in [0.5, 0.6) is 0 Å². The molecule has 4 nitrogen and oxygen atoms in total. The molecule has 0 rings (SSSR count). The zero-order valence-corrected chi connectivity index (χ0v) is 3.29. The van der Waals surface area contributed by atoms with Gasteiger partial charge < -0.3 is 11.1 Å². The fourth-order valence-electron chi connectivity index (χ4n) is 0. The second-order valence-corrected chi connectivity index (χ2v) is 0.313. The van der Waals surface area contributed by atoms with E-state index in [9.17, 15) is 0 Å². The molecule has 0 heterocycles. The molecule has 0 radical (unpaired) electrons. The van der Waals surface area contributed by atoms with Crippen LogP contribution in [-0.4, -0.2) is 0 Å². The average molecular weight is 83.1 g/mol. The third-order valence-electron chi connectivity index (χ3n) is 0. The first-order chi connectivity index (χ1) is 2.83. The van der Waals surface area contributed by atoms with Gasteiger partial charge in [0.2, 0.25) is 0 Å². The van der Waals surface area contributed by atoms with Gasteiger partial charge in [0.1, 0.15) is 0 Å². The Labute approximate surface area is 35.4 Å². The van der Waals surface area contributed by atoms with Crippen LogP contribution in [0.25, 0.3) is 16.0 Å². The molecule has 0 bridgehead atoms. The molecule has 0 N–H and O–H groups in total. The van der Waals surface area contributed by atoms with E-state index in [-0.39, 0.29) is 0 Å². The maximum absolute atomic E-state index is 7.32. The van der Waals surface area contributed by atoms with E-state index >= 15 is 0 Å². The first-order valence-electron chi connectivity index (χ1n) is 1.12. The van der Waals surface area contributed by atoms with Gasteiger partial charge in [-0.1, -0.05) is 0 Å². The lowest BCUT2D eigenvalue weighted by Gasteiger charge is -1.31. The van der Waals surface area contributed by atoms with Crippen molar-refractivity contribution >= 4 is 0 Å². The summed E-state index contributed by atoms with van der Waals surface area (Å²) in [5.41, 5.74) is 13.5. The van der Waals surface area contributed by atoms with E-state index in [2.05, 4.69) is 0 Å². The van der Waals surface area contributed by atoms with Gasteiger partial charge in [-0.05, 0) is 0 Å². The van der Waals surface area contributed by atoms with Crippen LogP contribution in [-0.2, 0) is 0 Å².